The van der Waals surface area contributed by atoms with Gasteiger partial charge in [0.05, 0.1) is 0 Å². The van der Waals surface area contributed by atoms with Crippen molar-refractivity contribution in [3.05, 3.63) is 30.3 Å². The van der Waals surface area contributed by atoms with Crippen LogP contribution in [0.3, 0.4) is 0 Å². The minimum absolute atomic E-state index is 0.188. The SMILES string of the molecule is O=C(O)C(Cl)(Cl)N(CP(=O)(O)O)c1ccccc1. The number of carbonyl (C=O) groups is 1. The molecule has 0 bridgehead atoms. The first-order valence-corrected chi connectivity index (χ1v) is 7.18. The Morgan fingerprint density at radius 1 is 1.28 bits per heavy atom. The number of rotatable bonds is 5. The van der Waals surface area contributed by atoms with Crippen LogP contribution in [0.25, 0.3) is 0 Å². The highest BCUT2D eigenvalue weighted by atomic mass is 35.5. The van der Waals surface area contributed by atoms with Crippen LogP contribution in [0.15, 0.2) is 30.3 Å². The van der Waals surface area contributed by atoms with Gasteiger partial charge in [0.2, 0.25) is 0 Å². The lowest BCUT2D eigenvalue weighted by molar-refractivity contribution is -0.137. The van der Waals surface area contributed by atoms with Gasteiger partial charge in [0.25, 0.3) is 4.46 Å². The van der Waals surface area contributed by atoms with Crippen molar-refractivity contribution in [2.75, 3.05) is 11.2 Å². The molecule has 18 heavy (non-hydrogen) atoms. The zero-order chi connectivity index (χ0) is 14.0. The van der Waals surface area contributed by atoms with Crippen molar-refractivity contribution < 1.29 is 24.3 Å². The number of anilines is 1. The van der Waals surface area contributed by atoms with E-state index in [2.05, 4.69) is 0 Å². The number of benzene rings is 1. The summed E-state index contributed by atoms with van der Waals surface area (Å²) in [5.41, 5.74) is 0.188. The maximum absolute atomic E-state index is 11.0. The fourth-order valence-corrected chi connectivity index (χ4v) is 2.47. The molecular formula is C9H10Cl2NO5P. The number of alkyl halides is 2. The Balaban J connectivity index is 3.20. The van der Waals surface area contributed by atoms with E-state index in [1.165, 1.54) is 12.1 Å². The number of aliphatic carboxylic acids is 1. The molecule has 0 amide bonds. The van der Waals surface area contributed by atoms with Gasteiger partial charge in [-0.1, -0.05) is 41.4 Å². The minimum atomic E-state index is -4.53. The molecule has 0 aromatic heterocycles. The van der Waals surface area contributed by atoms with Gasteiger partial charge in [0.1, 0.15) is 6.29 Å². The van der Waals surface area contributed by atoms with E-state index in [-0.39, 0.29) is 5.69 Å². The highest BCUT2D eigenvalue weighted by Crippen LogP contribution is 2.42. The Morgan fingerprint density at radius 2 is 1.78 bits per heavy atom. The Labute approximate surface area is 113 Å². The molecule has 0 fully saturated rings. The van der Waals surface area contributed by atoms with Gasteiger partial charge in [-0.2, -0.15) is 0 Å². The highest BCUT2D eigenvalue weighted by molar-refractivity contribution is 7.51. The Kier molecular flexibility index (Phi) is 4.64. The quantitative estimate of drug-likeness (QED) is 0.436. The normalized spacial score (nSPS) is 12.2. The summed E-state index contributed by atoms with van der Waals surface area (Å²) >= 11 is 11.3. The molecular weight excluding hydrogens is 304 g/mol. The first-order chi connectivity index (χ1) is 8.14. The highest BCUT2D eigenvalue weighted by Gasteiger charge is 2.43. The van der Waals surface area contributed by atoms with Gasteiger partial charge in [-0.3, -0.25) is 4.57 Å². The lowest BCUT2D eigenvalue weighted by Gasteiger charge is -2.32. The molecule has 0 aliphatic carbocycles. The second kappa shape index (κ2) is 5.47. The van der Waals surface area contributed by atoms with Crippen molar-refractivity contribution in [2.45, 2.75) is 4.46 Å². The molecule has 1 aromatic rings. The number of para-hydroxylation sites is 1. The zero-order valence-corrected chi connectivity index (χ0v) is 11.3. The van der Waals surface area contributed by atoms with Crippen molar-refractivity contribution in [1.82, 2.24) is 0 Å². The van der Waals surface area contributed by atoms with Gasteiger partial charge >= 0.3 is 13.6 Å². The van der Waals surface area contributed by atoms with Crippen LogP contribution in [-0.2, 0) is 9.36 Å². The van der Waals surface area contributed by atoms with Crippen LogP contribution in [0.1, 0.15) is 0 Å². The van der Waals surface area contributed by atoms with Crippen molar-refractivity contribution in [1.29, 1.82) is 0 Å². The van der Waals surface area contributed by atoms with Crippen LogP contribution in [-0.4, -0.2) is 31.6 Å². The molecule has 0 radical (unpaired) electrons. The number of hydrogen-bond donors (Lipinski definition) is 3. The van der Waals surface area contributed by atoms with Crippen molar-refractivity contribution >= 4 is 42.5 Å². The van der Waals surface area contributed by atoms with E-state index >= 15 is 0 Å². The van der Waals surface area contributed by atoms with Crippen LogP contribution in [0.5, 0.6) is 0 Å². The first-order valence-electron chi connectivity index (χ1n) is 4.63. The molecule has 1 aromatic carbocycles. The molecule has 9 heteroatoms. The minimum Gasteiger partial charge on any atom is -0.478 e. The summed E-state index contributed by atoms with van der Waals surface area (Å²) in [6.45, 7) is 0. The average molecular weight is 314 g/mol. The molecule has 0 heterocycles. The van der Waals surface area contributed by atoms with Crippen LogP contribution in [0.2, 0.25) is 0 Å². The Morgan fingerprint density at radius 3 is 2.17 bits per heavy atom. The molecule has 1 rings (SSSR count). The summed E-state index contributed by atoms with van der Waals surface area (Å²) in [4.78, 5) is 29.6. The summed E-state index contributed by atoms with van der Waals surface area (Å²) in [7, 11) is -4.53. The lowest BCUT2D eigenvalue weighted by Crippen LogP contribution is -2.46. The molecule has 6 nitrogen and oxygen atoms in total. The summed E-state index contributed by atoms with van der Waals surface area (Å²) in [6, 6.07) is 7.67. The zero-order valence-electron chi connectivity index (χ0n) is 8.90. The van der Waals surface area contributed by atoms with E-state index in [9.17, 15) is 9.36 Å². The molecule has 0 aliphatic heterocycles. The third kappa shape index (κ3) is 3.86. The van der Waals surface area contributed by atoms with Gasteiger partial charge in [-0.05, 0) is 12.1 Å². The second-order valence-corrected chi connectivity index (χ2v) is 6.32. The molecule has 0 saturated heterocycles. The molecule has 0 atom stereocenters. The molecule has 0 aliphatic rings. The molecule has 3 N–H and O–H groups in total. The van der Waals surface area contributed by atoms with Crippen molar-refractivity contribution in [3.63, 3.8) is 0 Å². The van der Waals surface area contributed by atoms with Gasteiger partial charge in [0.15, 0.2) is 0 Å². The maximum atomic E-state index is 11.0. The Bertz CT molecular complexity index is 475. The third-order valence-corrected chi connectivity index (χ3v) is 3.37. The lowest BCUT2D eigenvalue weighted by atomic mass is 10.3. The summed E-state index contributed by atoms with van der Waals surface area (Å²) in [6.07, 6.45) is -0.906. The molecule has 0 saturated carbocycles. The van der Waals surface area contributed by atoms with E-state index in [4.69, 9.17) is 38.1 Å². The van der Waals surface area contributed by atoms with Crippen LogP contribution >= 0.6 is 30.8 Å². The van der Waals surface area contributed by atoms with Gasteiger partial charge < -0.3 is 19.8 Å². The number of hydrogen-bond acceptors (Lipinski definition) is 3. The Hall–Kier alpha value is -0.780. The summed E-state index contributed by atoms with van der Waals surface area (Å²) in [5, 5.41) is 8.91. The molecule has 0 unspecified atom stereocenters. The second-order valence-electron chi connectivity index (χ2n) is 3.42. The van der Waals surface area contributed by atoms with Gasteiger partial charge in [-0.15, -0.1) is 0 Å². The van der Waals surface area contributed by atoms with E-state index in [1.54, 1.807) is 18.2 Å². The smallest absolute Gasteiger partial charge is 0.361 e. The molecule has 100 valence electrons. The largest absolute Gasteiger partial charge is 0.478 e. The van der Waals surface area contributed by atoms with Crippen molar-refractivity contribution in [2.24, 2.45) is 0 Å². The summed E-state index contributed by atoms with van der Waals surface area (Å²) < 4.78 is 8.56. The average Bonchev–Trinajstić information content (AvgIpc) is 2.25. The van der Waals surface area contributed by atoms with E-state index in [0.717, 1.165) is 4.90 Å². The predicted octanol–water partition coefficient (Wildman–Crippen LogP) is 1.84. The third-order valence-electron chi connectivity index (χ3n) is 1.99. The first kappa shape index (κ1) is 15.3. The fraction of sp³-hybridized carbons (Fsp3) is 0.222. The number of nitrogens with zero attached hydrogens (tertiary/aromatic N) is 1. The van der Waals surface area contributed by atoms with Crippen LogP contribution in [0.4, 0.5) is 5.69 Å². The predicted molar refractivity (Wildman–Crippen MR) is 67.9 cm³/mol. The number of carboxylic acids is 1. The molecule has 0 spiro atoms. The number of halogens is 2. The standard InChI is InChI=1S/C9H10Cl2NO5P/c10-9(11,8(13)14)12(6-18(15,16)17)7-4-2-1-3-5-7/h1-5H,6H2,(H,13,14)(H2,15,16,17). The number of carboxylic acid groups (broad SMARTS) is 1. The van der Waals surface area contributed by atoms with E-state index in [1.807, 2.05) is 0 Å². The summed E-state index contributed by atoms with van der Waals surface area (Å²) in [5.74, 6) is -1.62. The van der Waals surface area contributed by atoms with E-state index in [0.29, 0.717) is 0 Å². The monoisotopic (exact) mass is 313 g/mol. The van der Waals surface area contributed by atoms with Crippen molar-refractivity contribution in [3.8, 4) is 0 Å². The fourth-order valence-electron chi connectivity index (χ4n) is 1.24. The van der Waals surface area contributed by atoms with Crippen LogP contribution < -0.4 is 4.90 Å². The van der Waals surface area contributed by atoms with Gasteiger partial charge in [-0.25, -0.2) is 4.79 Å². The van der Waals surface area contributed by atoms with E-state index < -0.39 is 24.3 Å². The van der Waals surface area contributed by atoms with Crippen LogP contribution in [0, 0.1) is 0 Å². The maximum Gasteiger partial charge on any atom is 0.361 e. The topological polar surface area (TPSA) is 98.1 Å². The van der Waals surface area contributed by atoms with Gasteiger partial charge in [0, 0.05) is 5.69 Å².